The Morgan fingerprint density at radius 3 is 2.52 bits per heavy atom. The normalized spacial score (nSPS) is 11.3. The summed E-state index contributed by atoms with van der Waals surface area (Å²) in [4.78, 5) is 17.4. The maximum absolute atomic E-state index is 12.8. The summed E-state index contributed by atoms with van der Waals surface area (Å²) < 4.78 is 6.50. The molecule has 0 amide bonds. The summed E-state index contributed by atoms with van der Waals surface area (Å²) in [6.07, 6.45) is 0. The number of azo groups is 1. The number of benzene rings is 2. The molecule has 0 aliphatic heterocycles. The first-order chi connectivity index (χ1) is 14.0. The third-order valence-corrected chi connectivity index (χ3v) is 5.28. The van der Waals surface area contributed by atoms with Gasteiger partial charge in [0.25, 0.3) is 0 Å². The molecule has 9 heteroatoms. The van der Waals surface area contributed by atoms with E-state index >= 15 is 0 Å². The van der Waals surface area contributed by atoms with Crippen LogP contribution in [0.15, 0.2) is 68.9 Å². The Morgan fingerprint density at radius 2 is 1.83 bits per heavy atom. The molecule has 4 rings (SSSR count). The highest BCUT2D eigenvalue weighted by molar-refractivity contribution is 7.12. The minimum atomic E-state index is -0.309. The number of rotatable bonds is 5. The second-order valence-electron chi connectivity index (χ2n) is 6.15. The minimum Gasteiger partial charge on any atom is -0.497 e. The smallest absolute Gasteiger partial charge is 0.301 e. The number of aryl methyl sites for hydroxylation is 1. The molecule has 146 valence electrons. The van der Waals surface area contributed by atoms with Crippen LogP contribution in [0.1, 0.15) is 5.69 Å². The second kappa shape index (κ2) is 8.02. The maximum Gasteiger partial charge on any atom is 0.301 e. The van der Waals surface area contributed by atoms with E-state index in [9.17, 15) is 4.79 Å². The van der Waals surface area contributed by atoms with Gasteiger partial charge in [0, 0.05) is 16.0 Å². The van der Waals surface area contributed by atoms with Crippen LogP contribution in [0.2, 0.25) is 5.02 Å². The Bertz CT molecular complexity index is 1220. The number of nitrogens with one attached hydrogen (secondary N) is 1. The Balaban J connectivity index is 1.62. The van der Waals surface area contributed by atoms with Gasteiger partial charge in [-0.3, -0.25) is 9.89 Å². The summed E-state index contributed by atoms with van der Waals surface area (Å²) >= 11 is 7.29. The van der Waals surface area contributed by atoms with E-state index in [1.54, 1.807) is 50.4 Å². The first-order valence-corrected chi connectivity index (χ1v) is 9.90. The van der Waals surface area contributed by atoms with Crippen molar-refractivity contribution in [2.75, 3.05) is 7.11 Å². The van der Waals surface area contributed by atoms with Gasteiger partial charge in [-0.2, -0.15) is 9.80 Å². The number of thiazole rings is 1. The van der Waals surface area contributed by atoms with Crippen LogP contribution >= 0.6 is 22.9 Å². The molecular formula is C20H16ClN5O2S. The van der Waals surface area contributed by atoms with Gasteiger partial charge < -0.3 is 4.74 Å². The number of nitrogens with zero attached hydrogens (tertiary/aromatic N) is 4. The number of halogens is 1. The fraction of sp³-hybridized carbons (Fsp3) is 0.100. The van der Waals surface area contributed by atoms with Gasteiger partial charge in [0.05, 0.1) is 24.2 Å². The lowest BCUT2D eigenvalue weighted by atomic mass is 10.2. The fourth-order valence-corrected chi connectivity index (χ4v) is 3.58. The van der Waals surface area contributed by atoms with E-state index < -0.39 is 0 Å². The molecular weight excluding hydrogens is 410 g/mol. The lowest BCUT2D eigenvalue weighted by Crippen LogP contribution is -2.13. The van der Waals surface area contributed by atoms with Crippen LogP contribution < -0.4 is 10.3 Å². The van der Waals surface area contributed by atoms with Crippen molar-refractivity contribution in [3.63, 3.8) is 0 Å². The highest BCUT2D eigenvalue weighted by Gasteiger charge is 2.15. The topological polar surface area (TPSA) is 84.6 Å². The van der Waals surface area contributed by atoms with E-state index in [1.807, 2.05) is 17.5 Å². The Labute approximate surface area is 175 Å². The van der Waals surface area contributed by atoms with Gasteiger partial charge in [-0.05, 0) is 43.3 Å². The molecule has 0 unspecified atom stereocenters. The van der Waals surface area contributed by atoms with Gasteiger partial charge in [-0.15, -0.1) is 16.5 Å². The highest BCUT2D eigenvalue weighted by Crippen LogP contribution is 2.26. The molecule has 0 saturated heterocycles. The molecule has 1 N–H and O–H groups in total. The molecule has 2 heterocycles. The largest absolute Gasteiger partial charge is 0.497 e. The van der Waals surface area contributed by atoms with Gasteiger partial charge in [0.1, 0.15) is 5.75 Å². The molecule has 7 nitrogen and oxygen atoms in total. The van der Waals surface area contributed by atoms with Crippen LogP contribution in [-0.4, -0.2) is 21.9 Å². The number of ether oxygens (including phenoxy) is 1. The third kappa shape index (κ3) is 3.98. The van der Waals surface area contributed by atoms with Crippen LogP contribution in [0.3, 0.4) is 0 Å². The molecule has 29 heavy (non-hydrogen) atoms. The van der Waals surface area contributed by atoms with Crippen LogP contribution in [-0.2, 0) is 0 Å². The molecule has 0 radical (unpaired) electrons. The quantitative estimate of drug-likeness (QED) is 0.418. The summed E-state index contributed by atoms with van der Waals surface area (Å²) in [5.74, 6) is 0.726. The van der Waals surface area contributed by atoms with Crippen LogP contribution in [0.5, 0.6) is 5.75 Å². The number of aromatic amines is 1. The molecule has 2 aromatic carbocycles. The lowest BCUT2D eigenvalue weighted by Gasteiger charge is -1.97. The Hall–Kier alpha value is -3.23. The predicted molar refractivity (Wildman–Crippen MR) is 114 cm³/mol. The molecule has 0 aliphatic rings. The second-order valence-corrected chi connectivity index (χ2v) is 7.42. The summed E-state index contributed by atoms with van der Waals surface area (Å²) in [6, 6.07) is 14.5. The Kier molecular flexibility index (Phi) is 5.28. The van der Waals surface area contributed by atoms with Crippen molar-refractivity contribution >= 4 is 34.3 Å². The predicted octanol–water partition coefficient (Wildman–Crippen LogP) is 5.67. The van der Waals surface area contributed by atoms with E-state index in [4.69, 9.17) is 16.3 Å². The average Bonchev–Trinajstić information content (AvgIpc) is 3.32. The fourth-order valence-electron chi connectivity index (χ4n) is 2.67. The molecule has 0 fully saturated rings. The zero-order chi connectivity index (χ0) is 20.4. The maximum atomic E-state index is 12.8. The average molecular weight is 426 g/mol. The van der Waals surface area contributed by atoms with Crippen molar-refractivity contribution in [3.8, 4) is 22.1 Å². The van der Waals surface area contributed by atoms with Gasteiger partial charge in [0.2, 0.25) is 5.13 Å². The zero-order valence-electron chi connectivity index (χ0n) is 15.6. The van der Waals surface area contributed by atoms with Gasteiger partial charge in [-0.1, -0.05) is 23.7 Å². The summed E-state index contributed by atoms with van der Waals surface area (Å²) in [5, 5.41) is 14.4. The van der Waals surface area contributed by atoms with Crippen molar-refractivity contribution in [2.24, 2.45) is 10.2 Å². The lowest BCUT2D eigenvalue weighted by molar-refractivity contribution is 0.415. The van der Waals surface area contributed by atoms with Crippen LogP contribution in [0.25, 0.3) is 16.4 Å². The number of aromatic nitrogens is 3. The van der Waals surface area contributed by atoms with Crippen molar-refractivity contribution in [1.29, 1.82) is 0 Å². The number of hydrogen-bond acceptors (Lipinski definition) is 6. The van der Waals surface area contributed by atoms with Crippen molar-refractivity contribution in [1.82, 2.24) is 14.8 Å². The highest BCUT2D eigenvalue weighted by atomic mass is 35.5. The van der Waals surface area contributed by atoms with Crippen LogP contribution in [0.4, 0.5) is 11.4 Å². The molecule has 0 bridgehead atoms. The van der Waals surface area contributed by atoms with Crippen molar-refractivity contribution in [3.05, 3.63) is 75.0 Å². The summed E-state index contributed by atoms with van der Waals surface area (Å²) in [7, 11) is 1.60. The molecule has 0 spiro atoms. The van der Waals surface area contributed by atoms with Crippen LogP contribution in [0, 0.1) is 6.92 Å². The van der Waals surface area contributed by atoms with Gasteiger partial charge >= 0.3 is 5.56 Å². The van der Waals surface area contributed by atoms with E-state index in [1.165, 1.54) is 16.0 Å². The standard InChI is InChI=1S/C20H16ClN5O2S/c1-12-18(24-23-15-7-9-16(28-2)10-8-15)19(27)26(25-12)20-22-17(11-29-20)13-3-5-14(21)6-4-13/h3-11,25H,1-2H3. The summed E-state index contributed by atoms with van der Waals surface area (Å²) in [5.41, 5.74) is 2.85. The first kappa shape index (κ1) is 19.1. The minimum absolute atomic E-state index is 0.240. The van der Waals surface area contributed by atoms with E-state index in [0.717, 1.165) is 17.0 Å². The van der Waals surface area contributed by atoms with Crippen molar-refractivity contribution < 1.29 is 4.74 Å². The third-order valence-electron chi connectivity index (χ3n) is 4.20. The summed E-state index contributed by atoms with van der Waals surface area (Å²) in [6.45, 7) is 1.77. The van der Waals surface area contributed by atoms with Crippen molar-refractivity contribution in [2.45, 2.75) is 6.92 Å². The molecule has 0 saturated carbocycles. The first-order valence-electron chi connectivity index (χ1n) is 8.64. The van der Waals surface area contributed by atoms with Gasteiger partial charge in [-0.25, -0.2) is 4.98 Å². The number of hydrogen-bond donors (Lipinski definition) is 1. The molecule has 4 aromatic rings. The monoisotopic (exact) mass is 425 g/mol. The van der Waals surface area contributed by atoms with E-state index in [2.05, 4.69) is 20.3 Å². The number of methoxy groups -OCH3 is 1. The van der Waals surface area contributed by atoms with Gasteiger partial charge in [0.15, 0.2) is 5.69 Å². The van der Waals surface area contributed by atoms with E-state index in [-0.39, 0.29) is 11.2 Å². The SMILES string of the molecule is COc1ccc(N=Nc2c(C)[nH]n(-c3nc(-c4ccc(Cl)cc4)cs3)c2=O)cc1. The number of H-pyrrole nitrogens is 1. The molecule has 2 aromatic heterocycles. The Morgan fingerprint density at radius 1 is 1.10 bits per heavy atom. The molecule has 0 atom stereocenters. The zero-order valence-corrected chi connectivity index (χ0v) is 17.2. The molecule has 0 aliphatic carbocycles. The van der Waals surface area contributed by atoms with E-state index in [0.29, 0.717) is 21.5 Å².